The molecule has 0 heterocycles. The molecule has 0 aliphatic heterocycles. The molecule has 0 aromatic carbocycles. The zero-order chi connectivity index (χ0) is 11.8. The number of hydrogen-bond donors (Lipinski definition) is 0. The average molecular weight is 208 g/mol. The van der Waals surface area contributed by atoms with Crippen molar-refractivity contribution in [3.8, 4) is 0 Å². The standard InChI is InChI=1S/C13H20O2/c1-6-13(14)15-9-12(11(4)5)8-7-10(2)3/h6-7,12H,1,4,8-9H2,2-3,5H3. The van der Waals surface area contributed by atoms with Crippen molar-refractivity contribution < 1.29 is 9.53 Å². The van der Waals surface area contributed by atoms with Gasteiger partial charge in [-0.2, -0.15) is 0 Å². The summed E-state index contributed by atoms with van der Waals surface area (Å²) in [7, 11) is 0. The topological polar surface area (TPSA) is 26.3 Å². The van der Waals surface area contributed by atoms with E-state index >= 15 is 0 Å². The molecular weight excluding hydrogens is 188 g/mol. The zero-order valence-electron chi connectivity index (χ0n) is 9.88. The summed E-state index contributed by atoms with van der Waals surface area (Å²) in [5, 5.41) is 0. The number of hydrogen-bond acceptors (Lipinski definition) is 2. The van der Waals surface area contributed by atoms with Crippen molar-refractivity contribution in [3.63, 3.8) is 0 Å². The van der Waals surface area contributed by atoms with Crippen LogP contribution in [0.15, 0.2) is 36.5 Å². The maximum atomic E-state index is 10.9. The lowest BCUT2D eigenvalue weighted by molar-refractivity contribution is -0.138. The molecule has 0 aromatic heterocycles. The second-order valence-electron chi connectivity index (χ2n) is 3.89. The van der Waals surface area contributed by atoms with E-state index in [1.807, 2.05) is 20.8 Å². The van der Waals surface area contributed by atoms with E-state index in [0.29, 0.717) is 6.61 Å². The number of allylic oxidation sites excluding steroid dienone is 2. The van der Waals surface area contributed by atoms with Crippen molar-refractivity contribution in [2.24, 2.45) is 5.92 Å². The number of rotatable bonds is 6. The first-order chi connectivity index (χ1) is 6.97. The van der Waals surface area contributed by atoms with Gasteiger partial charge in [-0.05, 0) is 27.2 Å². The van der Waals surface area contributed by atoms with Crippen molar-refractivity contribution in [1.29, 1.82) is 0 Å². The van der Waals surface area contributed by atoms with Crippen molar-refractivity contribution in [1.82, 2.24) is 0 Å². The van der Waals surface area contributed by atoms with E-state index in [2.05, 4.69) is 19.2 Å². The zero-order valence-corrected chi connectivity index (χ0v) is 9.88. The molecular formula is C13H20O2. The van der Waals surface area contributed by atoms with Crippen LogP contribution >= 0.6 is 0 Å². The van der Waals surface area contributed by atoms with Gasteiger partial charge in [0.15, 0.2) is 0 Å². The van der Waals surface area contributed by atoms with Gasteiger partial charge in [-0.25, -0.2) is 4.79 Å². The molecule has 0 fully saturated rings. The van der Waals surface area contributed by atoms with Crippen LogP contribution < -0.4 is 0 Å². The van der Waals surface area contributed by atoms with Crippen LogP contribution in [-0.4, -0.2) is 12.6 Å². The van der Waals surface area contributed by atoms with Crippen LogP contribution in [0.25, 0.3) is 0 Å². The maximum Gasteiger partial charge on any atom is 0.330 e. The summed E-state index contributed by atoms with van der Waals surface area (Å²) in [6.07, 6.45) is 4.17. The van der Waals surface area contributed by atoms with E-state index in [-0.39, 0.29) is 11.9 Å². The SMILES string of the molecule is C=CC(=O)OCC(CC=C(C)C)C(=C)C. The van der Waals surface area contributed by atoms with Gasteiger partial charge in [-0.1, -0.05) is 30.4 Å². The minimum Gasteiger partial charge on any atom is -0.462 e. The van der Waals surface area contributed by atoms with Gasteiger partial charge in [0.1, 0.15) is 0 Å². The molecule has 0 amide bonds. The first-order valence-electron chi connectivity index (χ1n) is 5.05. The lowest BCUT2D eigenvalue weighted by Crippen LogP contribution is -2.13. The van der Waals surface area contributed by atoms with Crippen molar-refractivity contribution in [2.45, 2.75) is 27.2 Å². The number of ether oxygens (including phenoxy) is 1. The Morgan fingerprint density at radius 1 is 1.40 bits per heavy atom. The number of esters is 1. The summed E-state index contributed by atoms with van der Waals surface area (Å²) in [4.78, 5) is 10.9. The Morgan fingerprint density at radius 2 is 2.00 bits per heavy atom. The largest absolute Gasteiger partial charge is 0.462 e. The number of carbonyl (C=O) groups excluding carboxylic acids is 1. The predicted octanol–water partition coefficient (Wildman–Crippen LogP) is 3.26. The summed E-state index contributed by atoms with van der Waals surface area (Å²) < 4.78 is 5.00. The average Bonchev–Trinajstić information content (AvgIpc) is 2.16. The van der Waals surface area contributed by atoms with Crippen LogP contribution in [0.5, 0.6) is 0 Å². The fourth-order valence-corrected chi connectivity index (χ4v) is 1.03. The van der Waals surface area contributed by atoms with Gasteiger partial charge in [0.2, 0.25) is 0 Å². The molecule has 0 spiro atoms. The third-order valence-corrected chi connectivity index (χ3v) is 2.10. The van der Waals surface area contributed by atoms with E-state index in [1.54, 1.807) is 0 Å². The molecule has 0 saturated carbocycles. The summed E-state index contributed by atoms with van der Waals surface area (Å²) in [6.45, 7) is 13.7. The molecule has 0 aliphatic rings. The summed E-state index contributed by atoms with van der Waals surface area (Å²) in [5.74, 6) is -0.178. The minimum absolute atomic E-state index is 0.198. The van der Waals surface area contributed by atoms with Gasteiger partial charge < -0.3 is 4.74 Å². The van der Waals surface area contributed by atoms with Crippen LogP contribution in [0.4, 0.5) is 0 Å². The molecule has 0 bridgehead atoms. The van der Waals surface area contributed by atoms with Crippen LogP contribution in [0, 0.1) is 5.92 Å². The smallest absolute Gasteiger partial charge is 0.330 e. The highest BCUT2D eigenvalue weighted by Crippen LogP contribution is 2.15. The first-order valence-corrected chi connectivity index (χ1v) is 5.05. The Labute approximate surface area is 92.3 Å². The highest BCUT2D eigenvalue weighted by molar-refractivity contribution is 5.81. The van der Waals surface area contributed by atoms with Crippen LogP contribution in [0.1, 0.15) is 27.2 Å². The minimum atomic E-state index is -0.376. The van der Waals surface area contributed by atoms with Gasteiger partial charge in [0, 0.05) is 12.0 Å². The van der Waals surface area contributed by atoms with E-state index in [0.717, 1.165) is 12.0 Å². The van der Waals surface area contributed by atoms with Gasteiger partial charge in [-0.15, -0.1) is 0 Å². The van der Waals surface area contributed by atoms with Crippen LogP contribution in [0.2, 0.25) is 0 Å². The Hall–Kier alpha value is -1.31. The van der Waals surface area contributed by atoms with Gasteiger partial charge in [0.05, 0.1) is 6.61 Å². The molecule has 2 nitrogen and oxygen atoms in total. The molecule has 1 atom stereocenters. The third kappa shape index (κ3) is 6.72. The van der Waals surface area contributed by atoms with Crippen molar-refractivity contribution in [2.75, 3.05) is 6.61 Å². The van der Waals surface area contributed by atoms with Gasteiger partial charge in [-0.3, -0.25) is 0 Å². The second-order valence-corrected chi connectivity index (χ2v) is 3.89. The predicted molar refractivity (Wildman–Crippen MR) is 63.5 cm³/mol. The third-order valence-electron chi connectivity index (χ3n) is 2.10. The monoisotopic (exact) mass is 208 g/mol. The quantitative estimate of drug-likeness (QED) is 0.380. The van der Waals surface area contributed by atoms with E-state index in [1.165, 1.54) is 11.6 Å². The Kier molecular flexibility index (Phi) is 6.43. The van der Waals surface area contributed by atoms with E-state index in [9.17, 15) is 4.79 Å². The van der Waals surface area contributed by atoms with Crippen molar-refractivity contribution >= 4 is 5.97 Å². The fraction of sp³-hybridized carbons (Fsp3) is 0.462. The molecule has 15 heavy (non-hydrogen) atoms. The Balaban J connectivity index is 4.17. The summed E-state index contributed by atoms with van der Waals surface area (Å²) in [5.41, 5.74) is 2.29. The molecule has 0 rings (SSSR count). The van der Waals surface area contributed by atoms with Gasteiger partial charge >= 0.3 is 5.97 Å². The molecule has 0 saturated heterocycles. The van der Waals surface area contributed by atoms with Crippen LogP contribution in [0.3, 0.4) is 0 Å². The van der Waals surface area contributed by atoms with E-state index < -0.39 is 0 Å². The molecule has 84 valence electrons. The molecule has 0 N–H and O–H groups in total. The lowest BCUT2D eigenvalue weighted by Gasteiger charge is -2.14. The highest BCUT2D eigenvalue weighted by Gasteiger charge is 2.10. The molecule has 1 unspecified atom stereocenters. The van der Waals surface area contributed by atoms with Gasteiger partial charge in [0.25, 0.3) is 0 Å². The molecule has 0 aromatic rings. The number of carbonyl (C=O) groups is 1. The lowest BCUT2D eigenvalue weighted by atomic mass is 9.98. The molecule has 2 heteroatoms. The summed E-state index contributed by atoms with van der Waals surface area (Å²) in [6, 6.07) is 0. The highest BCUT2D eigenvalue weighted by atomic mass is 16.5. The fourth-order valence-electron chi connectivity index (χ4n) is 1.03. The van der Waals surface area contributed by atoms with Crippen LogP contribution in [-0.2, 0) is 9.53 Å². The van der Waals surface area contributed by atoms with E-state index in [4.69, 9.17) is 4.74 Å². The second kappa shape index (κ2) is 7.04. The molecule has 0 radical (unpaired) electrons. The first kappa shape index (κ1) is 13.7. The normalized spacial score (nSPS) is 11.4. The Morgan fingerprint density at radius 3 is 2.40 bits per heavy atom. The van der Waals surface area contributed by atoms with Crippen molar-refractivity contribution in [3.05, 3.63) is 36.5 Å². The summed E-state index contributed by atoms with van der Waals surface area (Å²) >= 11 is 0. The Bertz CT molecular complexity index is 270. The maximum absolute atomic E-state index is 10.9. The molecule has 0 aliphatic carbocycles.